The van der Waals surface area contributed by atoms with Gasteiger partial charge in [0.2, 0.25) is 0 Å². The van der Waals surface area contributed by atoms with Crippen LogP contribution in [0, 0.1) is 5.92 Å². The van der Waals surface area contributed by atoms with Crippen LogP contribution < -0.4 is 5.32 Å². The van der Waals surface area contributed by atoms with Crippen molar-refractivity contribution in [3.8, 4) is 0 Å². The summed E-state index contributed by atoms with van der Waals surface area (Å²) in [7, 11) is 2.13. The largest absolute Gasteiger partial charge is 0.315 e. The first-order chi connectivity index (χ1) is 8.08. The van der Waals surface area contributed by atoms with E-state index in [-0.39, 0.29) is 0 Å². The molecular weight excluding hydrogens is 278 g/mol. The molecule has 0 aromatic carbocycles. The van der Waals surface area contributed by atoms with Crippen LogP contribution in [0.5, 0.6) is 0 Å². The lowest BCUT2D eigenvalue weighted by molar-refractivity contribution is 0.318. The SMILES string of the molecule is CC(C)CNCCN(C)Cc1ccc(Br)cn1. The molecule has 0 unspecified atom stereocenters. The second-order valence-corrected chi connectivity index (χ2v) is 5.72. The van der Waals surface area contributed by atoms with Crippen molar-refractivity contribution >= 4 is 15.9 Å². The van der Waals surface area contributed by atoms with Gasteiger partial charge in [-0.25, -0.2) is 0 Å². The van der Waals surface area contributed by atoms with Crippen molar-refractivity contribution in [2.75, 3.05) is 26.7 Å². The van der Waals surface area contributed by atoms with Gasteiger partial charge in [-0.3, -0.25) is 9.88 Å². The lowest BCUT2D eigenvalue weighted by Crippen LogP contribution is -2.31. The van der Waals surface area contributed by atoms with E-state index >= 15 is 0 Å². The second-order valence-electron chi connectivity index (χ2n) is 4.80. The third-order valence-electron chi connectivity index (χ3n) is 2.44. The van der Waals surface area contributed by atoms with Gasteiger partial charge in [-0.15, -0.1) is 0 Å². The van der Waals surface area contributed by atoms with Crippen molar-refractivity contribution in [2.24, 2.45) is 5.92 Å². The number of likely N-dealkylation sites (N-methyl/N-ethyl adjacent to an activating group) is 1. The first kappa shape index (κ1) is 14.6. The molecule has 1 aromatic heterocycles. The number of nitrogens with one attached hydrogen (secondary N) is 1. The quantitative estimate of drug-likeness (QED) is 0.784. The van der Waals surface area contributed by atoms with E-state index in [1.54, 1.807) is 0 Å². The molecule has 3 nitrogen and oxygen atoms in total. The summed E-state index contributed by atoms with van der Waals surface area (Å²) >= 11 is 3.39. The van der Waals surface area contributed by atoms with Gasteiger partial charge in [-0.1, -0.05) is 13.8 Å². The number of nitrogens with zero attached hydrogens (tertiary/aromatic N) is 2. The van der Waals surface area contributed by atoms with Crippen LogP contribution in [0.15, 0.2) is 22.8 Å². The van der Waals surface area contributed by atoms with Crippen molar-refractivity contribution in [2.45, 2.75) is 20.4 Å². The fraction of sp³-hybridized carbons (Fsp3) is 0.615. The highest BCUT2D eigenvalue weighted by Crippen LogP contribution is 2.08. The van der Waals surface area contributed by atoms with Gasteiger partial charge in [-0.05, 0) is 47.6 Å². The van der Waals surface area contributed by atoms with Crippen LogP contribution in [0.3, 0.4) is 0 Å². The maximum absolute atomic E-state index is 4.37. The summed E-state index contributed by atoms with van der Waals surface area (Å²) in [5.41, 5.74) is 1.11. The molecule has 0 radical (unpaired) electrons. The molecule has 1 heterocycles. The number of rotatable bonds is 7. The molecule has 0 aliphatic heterocycles. The van der Waals surface area contributed by atoms with Crippen LogP contribution in [0.25, 0.3) is 0 Å². The Morgan fingerprint density at radius 2 is 2.18 bits per heavy atom. The normalized spacial score (nSPS) is 11.4. The van der Waals surface area contributed by atoms with Crippen LogP contribution >= 0.6 is 15.9 Å². The number of halogens is 1. The van der Waals surface area contributed by atoms with Gasteiger partial charge < -0.3 is 5.32 Å². The van der Waals surface area contributed by atoms with Crippen molar-refractivity contribution < 1.29 is 0 Å². The van der Waals surface area contributed by atoms with Gasteiger partial charge in [0.1, 0.15) is 0 Å². The summed E-state index contributed by atoms with van der Waals surface area (Å²) in [4.78, 5) is 6.65. The Morgan fingerprint density at radius 1 is 1.41 bits per heavy atom. The molecule has 0 fully saturated rings. The predicted molar refractivity (Wildman–Crippen MR) is 76.0 cm³/mol. The lowest BCUT2D eigenvalue weighted by Gasteiger charge is -2.17. The number of hydrogen-bond acceptors (Lipinski definition) is 3. The minimum atomic E-state index is 0.716. The molecule has 1 N–H and O–H groups in total. The summed E-state index contributed by atoms with van der Waals surface area (Å²) in [5, 5.41) is 3.44. The van der Waals surface area contributed by atoms with E-state index in [1.165, 1.54) is 0 Å². The van der Waals surface area contributed by atoms with Gasteiger partial charge in [0.25, 0.3) is 0 Å². The molecule has 0 atom stereocenters. The molecule has 1 rings (SSSR count). The maximum atomic E-state index is 4.37. The smallest absolute Gasteiger partial charge is 0.0544 e. The summed E-state index contributed by atoms with van der Waals surface area (Å²) in [5.74, 6) is 0.716. The third-order valence-corrected chi connectivity index (χ3v) is 2.91. The van der Waals surface area contributed by atoms with Crippen molar-refractivity contribution in [1.82, 2.24) is 15.2 Å². The predicted octanol–water partition coefficient (Wildman–Crippen LogP) is 2.52. The van der Waals surface area contributed by atoms with E-state index in [0.717, 1.165) is 36.3 Å². The molecule has 0 spiro atoms. The van der Waals surface area contributed by atoms with Crippen molar-refractivity contribution in [3.63, 3.8) is 0 Å². The first-order valence-corrected chi connectivity index (χ1v) is 6.87. The summed E-state index contributed by atoms with van der Waals surface area (Å²) in [6, 6.07) is 4.09. The van der Waals surface area contributed by atoms with E-state index in [0.29, 0.717) is 5.92 Å². The number of aromatic nitrogens is 1. The Labute approximate surface area is 113 Å². The van der Waals surface area contributed by atoms with Gasteiger partial charge in [-0.2, -0.15) is 0 Å². The minimum Gasteiger partial charge on any atom is -0.315 e. The monoisotopic (exact) mass is 299 g/mol. The Kier molecular flexibility index (Phi) is 6.70. The standard InChI is InChI=1S/C13H22BrN3/c1-11(2)8-15-6-7-17(3)10-13-5-4-12(14)9-16-13/h4-5,9,11,15H,6-8,10H2,1-3H3. The fourth-order valence-corrected chi connectivity index (χ4v) is 1.75. The molecule has 1 aromatic rings. The van der Waals surface area contributed by atoms with E-state index in [2.05, 4.69) is 58.1 Å². The molecule has 0 aliphatic carbocycles. The zero-order valence-electron chi connectivity index (χ0n) is 10.9. The molecule has 96 valence electrons. The molecule has 0 bridgehead atoms. The van der Waals surface area contributed by atoms with E-state index in [4.69, 9.17) is 0 Å². The molecule has 4 heteroatoms. The Morgan fingerprint density at radius 3 is 2.76 bits per heavy atom. The lowest BCUT2D eigenvalue weighted by atomic mass is 10.2. The van der Waals surface area contributed by atoms with Crippen molar-refractivity contribution in [1.29, 1.82) is 0 Å². The molecule has 0 saturated carbocycles. The third kappa shape index (κ3) is 6.76. The minimum absolute atomic E-state index is 0.716. The second kappa shape index (κ2) is 7.80. The van der Waals surface area contributed by atoms with Crippen LogP contribution in [0.1, 0.15) is 19.5 Å². The number of hydrogen-bond donors (Lipinski definition) is 1. The van der Waals surface area contributed by atoms with Crippen LogP contribution in [-0.2, 0) is 6.54 Å². The highest BCUT2D eigenvalue weighted by atomic mass is 79.9. The van der Waals surface area contributed by atoms with E-state index in [9.17, 15) is 0 Å². The molecule has 0 saturated heterocycles. The van der Waals surface area contributed by atoms with Crippen molar-refractivity contribution in [3.05, 3.63) is 28.5 Å². The average molecular weight is 300 g/mol. The molecule has 0 aliphatic rings. The number of pyridine rings is 1. The first-order valence-electron chi connectivity index (χ1n) is 6.07. The van der Waals surface area contributed by atoms with Gasteiger partial charge in [0.05, 0.1) is 5.69 Å². The summed E-state index contributed by atoms with van der Waals surface area (Å²) in [6.45, 7) is 8.52. The fourth-order valence-electron chi connectivity index (χ4n) is 1.52. The Hall–Kier alpha value is -0.450. The Bertz CT molecular complexity index is 311. The van der Waals surface area contributed by atoms with Gasteiger partial charge >= 0.3 is 0 Å². The highest BCUT2D eigenvalue weighted by molar-refractivity contribution is 9.10. The molecule has 0 amide bonds. The Balaban J connectivity index is 2.20. The van der Waals surface area contributed by atoms with Crippen LogP contribution in [0.4, 0.5) is 0 Å². The topological polar surface area (TPSA) is 28.2 Å². The van der Waals surface area contributed by atoms with Gasteiger partial charge in [0, 0.05) is 30.3 Å². The van der Waals surface area contributed by atoms with Crippen LogP contribution in [-0.4, -0.2) is 36.6 Å². The van der Waals surface area contributed by atoms with Gasteiger partial charge in [0.15, 0.2) is 0 Å². The molecule has 17 heavy (non-hydrogen) atoms. The van der Waals surface area contributed by atoms with E-state index < -0.39 is 0 Å². The average Bonchev–Trinajstić information content (AvgIpc) is 2.27. The zero-order chi connectivity index (χ0) is 12.7. The van der Waals surface area contributed by atoms with Crippen LogP contribution in [0.2, 0.25) is 0 Å². The van der Waals surface area contributed by atoms with E-state index in [1.807, 2.05) is 12.3 Å². The maximum Gasteiger partial charge on any atom is 0.0544 e. The summed E-state index contributed by atoms with van der Waals surface area (Å²) < 4.78 is 1.03. The molecular formula is C13H22BrN3. The zero-order valence-corrected chi connectivity index (χ0v) is 12.5. The summed E-state index contributed by atoms with van der Waals surface area (Å²) in [6.07, 6.45) is 1.85. The highest BCUT2D eigenvalue weighted by Gasteiger charge is 2.01.